The van der Waals surface area contributed by atoms with Crippen molar-refractivity contribution in [3.8, 4) is 0 Å². The molecule has 2 N–H and O–H groups in total. The highest BCUT2D eigenvalue weighted by Crippen LogP contribution is 2.10. The minimum Gasteiger partial charge on any atom is -0.478 e. The van der Waals surface area contributed by atoms with Gasteiger partial charge in [-0.05, 0) is 36.2 Å². The molecule has 1 heterocycles. The first-order chi connectivity index (χ1) is 9.54. The molecule has 0 unspecified atom stereocenters. The van der Waals surface area contributed by atoms with E-state index in [1.807, 2.05) is 13.2 Å². The first-order valence-corrected chi connectivity index (χ1v) is 6.15. The van der Waals surface area contributed by atoms with Crippen molar-refractivity contribution in [1.29, 1.82) is 0 Å². The number of aromatic nitrogens is 2. The number of carbonyl (C=O) groups is 2. The highest BCUT2D eigenvalue weighted by Gasteiger charge is 2.06. The van der Waals surface area contributed by atoms with Crippen molar-refractivity contribution in [2.24, 2.45) is 7.05 Å². The molecule has 0 saturated carbocycles. The van der Waals surface area contributed by atoms with Crippen LogP contribution in [0.4, 0.5) is 5.69 Å². The summed E-state index contributed by atoms with van der Waals surface area (Å²) in [6, 6.07) is 6.06. The van der Waals surface area contributed by atoms with E-state index in [1.165, 1.54) is 12.1 Å². The smallest absolute Gasteiger partial charge is 0.335 e. The number of hydrogen-bond donors (Lipinski definition) is 2. The summed E-state index contributed by atoms with van der Waals surface area (Å²) in [4.78, 5) is 22.5. The lowest BCUT2D eigenvalue weighted by atomic mass is 10.2. The average Bonchev–Trinajstić information content (AvgIpc) is 2.83. The van der Waals surface area contributed by atoms with Crippen molar-refractivity contribution in [2.75, 3.05) is 5.32 Å². The predicted molar refractivity (Wildman–Crippen MR) is 73.6 cm³/mol. The number of amides is 1. The Morgan fingerprint density at radius 2 is 2.00 bits per heavy atom. The first-order valence-electron chi connectivity index (χ1n) is 6.15. The van der Waals surface area contributed by atoms with Crippen LogP contribution in [0.1, 0.15) is 22.3 Å². The van der Waals surface area contributed by atoms with Crippen LogP contribution in [0, 0.1) is 0 Å². The monoisotopic (exact) mass is 273 g/mol. The number of carboxylic acids is 1. The molecule has 0 saturated heterocycles. The lowest BCUT2D eigenvalue weighted by molar-refractivity contribution is -0.116. The Morgan fingerprint density at radius 1 is 1.30 bits per heavy atom. The van der Waals surface area contributed by atoms with Crippen molar-refractivity contribution in [3.05, 3.63) is 47.8 Å². The van der Waals surface area contributed by atoms with Crippen molar-refractivity contribution in [3.63, 3.8) is 0 Å². The number of anilines is 1. The zero-order chi connectivity index (χ0) is 14.5. The summed E-state index contributed by atoms with van der Waals surface area (Å²) in [6.45, 7) is 0. The van der Waals surface area contributed by atoms with Crippen LogP contribution in [0.2, 0.25) is 0 Å². The Labute approximate surface area is 116 Å². The van der Waals surface area contributed by atoms with Crippen LogP contribution in [0.25, 0.3) is 0 Å². The normalized spacial score (nSPS) is 10.2. The van der Waals surface area contributed by atoms with E-state index >= 15 is 0 Å². The molecule has 2 rings (SSSR count). The van der Waals surface area contributed by atoms with E-state index in [2.05, 4.69) is 10.4 Å². The molecule has 6 heteroatoms. The van der Waals surface area contributed by atoms with E-state index in [0.717, 1.165) is 5.56 Å². The van der Waals surface area contributed by atoms with Gasteiger partial charge in [0.05, 0.1) is 11.8 Å². The Hall–Kier alpha value is -2.63. The van der Waals surface area contributed by atoms with Crippen LogP contribution in [0.3, 0.4) is 0 Å². The third kappa shape index (κ3) is 3.68. The van der Waals surface area contributed by atoms with Gasteiger partial charge in [0.25, 0.3) is 0 Å². The van der Waals surface area contributed by atoms with Crippen LogP contribution in [0.5, 0.6) is 0 Å². The number of hydrogen-bond acceptors (Lipinski definition) is 3. The van der Waals surface area contributed by atoms with Gasteiger partial charge in [-0.1, -0.05) is 0 Å². The molecule has 1 amide bonds. The molecular weight excluding hydrogens is 258 g/mol. The Morgan fingerprint density at radius 3 is 2.55 bits per heavy atom. The van der Waals surface area contributed by atoms with Gasteiger partial charge in [-0.3, -0.25) is 9.48 Å². The van der Waals surface area contributed by atoms with Crippen LogP contribution >= 0.6 is 0 Å². The molecule has 20 heavy (non-hydrogen) atoms. The number of aromatic carboxylic acids is 1. The first kappa shape index (κ1) is 13.8. The second-order valence-electron chi connectivity index (χ2n) is 4.45. The van der Waals surface area contributed by atoms with Crippen molar-refractivity contribution >= 4 is 17.6 Å². The number of nitrogens with zero attached hydrogens (tertiary/aromatic N) is 2. The zero-order valence-electron chi connectivity index (χ0n) is 11.0. The van der Waals surface area contributed by atoms with Crippen molar-refractivity contribution in [2.45, 2.75) is 12.8 Å². The molecule has 0 radical (unpaired) electrons. The molecule has 0 fully saturated rings. The fourth-order valence-corrected chi connectivity index (χ4v) is 1.78. The minimum absolute atomic E-state index is 0.114. The molecule has 2 aromatic rings. The molecule has 0 aliphatic carbocycles. The number of benzene rings is 1. The summed E-state index contributed by atoms with van der Waals surface area (Å²) < 4.78 is 1.69. The minimum atomic E-state index is -0.987. The third-order valence-corrected chi connectivity index (χ3v) is 2.81. The summed E-state index contributed by atoms with van der Waals surface area (Å²) in [7, 11) is 1.83. The number of nitrogens with one attached hydrogen (secondary N) is 1. The topological polar surface area (TPSA) is 84.2 Å². The van der Waals surface area contributed by atoms with Gasteiger partial charge in [-0.2, -0.15) is 5.10 Å². The maximum Gasteiger partial charge on any atom is 0.335 e. The van der Waals surface area contributed by atoms with Crippen LogP contribution in [-0.2, 0) is 18.3 Å². The molecule has 6 nitrogen and oxygen atoms in total. The van der Waals surface area contributed by atoms with Crippen molar-refractivity contribution in [1.82, 2.24) is 9.78 Å². The summed E-state index contributed by atoms with van der Waals surface area (Å²) >= 11 is 0. The Balaban J connectivity index is 1.86. The SMILES string of the molecule is Cn1cc(CCC(=O)Nc2ccc(C(=O)O)cc2)cn1. The van der Waals surface area contributed by atoms with E-state index in [0.29, 0.717) is 18.5 Å². The molecule has 104 valence electrons. The summed E-state index contributed by atoms with van der Waals surface area (Å²) in [5.74, 6) is -1.10. The fourth-order valence-electron chi connectivity index (χ4n) is 1.78. The van der Waals surface area contributed by atoms with Crippen molar-refractivity contribution < 1.29 is 14.7 Å². The van der Waals surface area contributed by atoms with Crippen LogP contribution in [0.15, 0.2) is 36.7 Å². The van der Waals surface area contributed by atoms with Gasteiger partial charge >= 0.3 is 5.97 Å². The van der Waals surface area contributed by atoms with Gasteiger partial charge in [0.1, 0.15) is 0 Å². The highest BCUT2D eigenvalue weighted by molar-refractivity contribution is 5.92. The molecule has 0 aliphatic heterocycles. The fraction of sp³-hybridized carbons (Fsp3) is 0.214. The van der Waals surface area contributed by atoms with E-state index in [1.54, 1.807) is 23.0 Å². The van der Waals surface area contributed by atoms with Gasteiger partial charge < -0.3 is 10.4 Å². The van der Waals surface area contributed by atoms with Gasteiger partial charge in [0.15, 0.2) is 0 Å². The number of rotatable bonds is 5. The third-order valence-electron chi connectivity index (χ3n) is 2.81. The van der Waals surface area contributed by atoms with E-state index < -0.39 is 5.97 Å². The largest absolute Gasteiger partial charge is 0.478 e. The number of aryl methyl sites for hydroxylation is 2. The lowest BCUT2D eigenvalue weighted by Crippen LogP contribution is -2.12. The Bertz CT molecular complexity index is 617. The maximum atomic E-state index is 11.8. The molecular formula is C14H15N3O3. The van der Waals surface area contributed by atoms with E-state index in [-0.39, 0.29) is 11.5 Å². The summed E-state index contributed by atoms with van der Waals surface area (Å²) in [5.41, 5.74) is 1.79. The molecule has 0 spiro atoms. The Kier molecular flexibility index (Phi) is 4.14. The molecule has 0 aliphatic rings. The van der Waals surface area contributed by atoms with E-state index in [4.69, 9.17) is 5.11 Å². The summed E-state index contributed by atoms with van der Waals surface area (Å²) in [6.07, 6.45) is 4.57. The zero-order valence-corrected chi connectivity index (χ0v) is 11.0. The molecule has 0 bridgehead atoms. The van der Waals surface area contributed by atoms with E-state index in [9.17, 15) is 9.59 Å². The average molecular weight is 273 g/mol. The van der Waals surface area contributed by atoms with Gasteiger partial charge in [0.2, 0.25) is 5.91 Å². The van der Waals surface area contributed by atoms with Crippen LogP contribution in [-0.4, -0.2) is 26.8 Å². The second-order valence-corrected chi connectivity index (χ2v) is 4.45. The number of carboxylic acid groups (broad SMARTS) is 1. The highest BCUT2D eigenvalue weighted by atomic mass is 16.4. The quantitative estimate of drug-likeness (QED) is 0.868. The lowest BCUT2D eigenvalue weighted by Gasteiger charge is -2.04. The maximum absolute atomic E-state index is 11.8. The predicted octanol–water partition coefficient (Wildman–Crippen LogP) is 1.69. The molecule has 1 aromatic heterocycles. The number of carbonyl (C=O) groups excluding carboxylic acids is 1. The molecule has 1 aromatic carbocycles. The molecule has 0 atom stereocenters. The van der Waals surface area contributed by atoms with Gasteiger partial charge in [-0.25, -0.2) is 4.79 Å². The van der Waals surface area contributed by atoms with Crippen LogP contribution < -0.4 is 5.32 Å². The second kappa shape index (κ2) is 6.01. The van der Waals surface area contributed by atoms with Gasteiger partial charge in [-0.15, -0.1) is 0 Å². The summed E-state index contributed by atoms with van der Waals surface area (Å²) in [5, 5.41) is 15.5. The van der Waals surface area contributed by atoms with Gasteiger partial charge in [0, 0.05) is 25.4 Å². The standard InChI is InChI=1S/C14H15N3O3/c1-17-9-10(8-15-17)2-7-13(18)16-12-5-3-11(4-6-12)14(19)20/h3-6,8-9H,2,7H2,1H3,(H,16,18)(H,19,20).